The fraction of sp³-hybridized carbons (Fsp3) is 0.400. The summed E-state index contributed by atoms with van der Waals surface area (Å²) in [4.78, 5) is 24.6. The molecule has 0 radical (unpaired) electrons. The molecule has 1 aromatic rings. The third kappa shape index (κ3) is 3.10. The average molecular weight is 246 g/mol. The van der Waals surface area contributed by atoms with Gasteiger partial charge in [0.2, 0.25) is 5.56 Å². The summed E-state index contributed by atoms with van der Waals surface area (Å²) in [7, 11) is 1.15. The summed E-state index contributed by atoms with van der Waals surface area (Å²) in [6.07, 6.45) is -3.19. The number of ether oxygens (including phenoxy) is 1. The lowest BCUT2D eigenvalue weighted by Gasteiger charge is -2.11. The van der Waals surface area contributed by atoms with Crippen LogP contribution in [0, 0.1) is 0 Å². The van der Waals surface area contributed by atoms with Gasteiger partial charge in [0.1, 0.15) is 0 Å². The van der Waals surface area contributed by atoms with Gasteiger partial charge in [-0.05, 0) is 5.56 Å². The molecule has 17 heavy (non-hydrogen) atoms. The highest BCUT2D eigenvalue weighted by Gasteiger charge is 2.19. The number of methoxy groups -OCH3 is 1. The van der Waals surface area contributed by atoms with E-state index in [0.717, 1.165) is 13.2 Å². The molecule has 0 saturated carbocycles. The first-order chi connectivity index (χ1) is 7.99. The minimum absolute atomic E-state index is 0.0222. The molecule has 0 amide bonds. The zero-order valence-corrected chi connectivity index (χ0v) is 9.13. The summed E-state index contributed by atoms with van der Waals surface area (Å²) < 4.78 is 29.9. The molecule has 1 rings (SSSR count). The lowest BCUT2D eigenvalue weighted by atomic mass is 10.0. The second-order valence-corrected chi connectivity index (χ2v) is 3.30. The number of hydrogen-bond donors (Lipinski definition) is 2. The molecule has 0 aliphatic rings. The fourth-order valence-electron chi connectivity index (χ4n) is 1.46. The fourth-order valence-corrected chi connectivity index (χ4v) is 1.46. The second kappa shape index (κ2) is 5.53. The van der Waals surface area contributed by atoms with E-state index in [1.165, 1.54) is 0 Å². The van der Waals surface area contributed by atoms with Gasteiger partial charge >= 0.3 is 5.97 Å². The third-order valence-electron chi connectivity index (χ3n) is 2.26. The predicted octanol–water partition coefficient (Wildman–Crippen LogP) is 0.487. The number of hydrogen-bond acceptors (Lipinski definition) is 4. The molecule has 0 aromatic carbocycles. The van der Waals surface area contributed by atoms with E-state index in [2.05, 4.69) is 9.72 Å². The number of esters is 1. The van der Waals surface area contributed by atoms with Crippen LogP contribution < -0.4 is 11.3 Å². The standard InChI is InChI=1S/C10H12F2N2O3/c1-17-9(16)3-5-6(10(11)12)2-8(15)14-7(5)4-13/h2,10H,3-4,13H2,1H3,(H,14,15). The Morgan fingerprint density at radius 1 is 1.59 bits per heavy atom. The van der Waals surface area contributed by atoms with E-state index < -0.39 is 23.5 Å². The van der Waals surface area contributed by atoms with Crippen LogP contribution in [0.5, 0.6) is 0 Å². The van der Waals surface area contributed by atoms with Crippen LogP contribution in [0.3, 0.4) is 0 Å². The molecule has 94 valence electrons. The Kier molecular flexibility index (Phi) is 4.33. The van der Waals surface area contributed by atoms with Crippen molar-refractivity contribution in [2.24, 2.45) is 5.73 Å². The smallest absolute Gasteiger partial charge is 0.310 e. The molecule has 0 aliphatic carbocycles. The van der Waals surface area contributed by atoms with Crippen molar-refractivity contribution in [1.29, 1.82) is 0 Å². The maximum atomic E-state index is 12.7. The third-order valence-corrected chi connectivity index (χ3v) is 2.26. The van der Waals surface area contributed by atoms with Crippen LogP contribution in [0.15, 0.2) is 10.9 Å². The zero-order valence-electron chi connectivity index (χ0n) is 9.13. The molecule has 1 aromatic heterocycles. The molecular formula is C10H12F2N2O3. The maximum Gasteiger partial charge on any atom is 0.310 e. The van der Waals surface area contributed by atoms with Gasteiger partial charge < -0.3 is 15.5 Å². The van der Waals surface area contributed by atoms with Gasteiger partial charge in [-0.2, -0.15) is 0 Å². The molecule has 1 heterocycles. The Labute approximate surface area is 95.6 Å². The van der Waals surface area contributed by atoms with Crippen molar-refractivity contribution in [3.05, 3.63) is 33.2 Å². The monoisotopic (exact) mass is 246 g/mol. The number of rotatable bonds is 4. The molecular weight excluding hydrogens is 234 g/mol. The number of halogens is 2. The summed E-state index contributed by atoms with van der Waals surface area (Å²) >= 11 is 0. The molecule has 0 spiro atoms. The molecule has 5 nitrogen and oxygen atoms in total. The molecule has 0 saturated heterocycles. The first-order valence-electron chi connectivity index (χ1n) is 4.79. The number of nitrogens with one attached hydrogen (secondary N) is 1. The summed E-state index contributed by atoms with van der Waals surface area (Å²) in [5.41, 5.74) is 4.33. The summed E-state index contributed by atoms with van der Waals surface area (Å²) in [5.74, 6) is -0.673. The maximum absolute atomic E-state index is 12.7. The minimum atomic E-state index is -2.85. The van der Waals surface area contributed by atoms with E-state index in [0.29, 0.717) is 0 Å². The van der Waals surface area contributed by atoms with E-state index in [4.69, 9.17) is 5.73 Å². The van der Waals surface area contributed by atoms with Crippen molar-refractivity contribution in [3.63, 3.8) is 0 Å². The van der Waals surface area contributed by atoms with Crippen molar-refractivity contribution in [3.8, 4) is 0 Å². The van der Waals surface area contributed by atoms with E-state index in [1.54, 1.807) is 0 Å². The number of aromatic amines is 1. The number of carbonyl (C=O) groups excluding carboxylic acids is 1. The van der Waals surface area contributed by atoms with Gasteiger partial charge in [0.05, 0.1) is 13.5 Å². The number of nitrogens with two attached hydrogens (primary N) is 1. The van der Waals surface area contributed by atoms with Crippen molar-refractivity contribution in [2.45, 2.75) is 19.4 Å². The van der Waals surface area contributed by atoms with Crippen molar-refractivity contribution in [2.75, 3.05) is 7.11 Å². The van der Waals surface area contributed by atoms with Crippen molar-refractivity contribution < 1.29 is 18.3 Å². The lowest BCUT2D eigenvalue weighted by Crippen LogP contribution is -2.19. The van der Waals surface area contributed by atoms with Gasteiger partial charge in [-0.15, -0.1) is 0 Å². The number of carbonyl (C=O) groups is 1. The van der Waals surface area contributed by atoms with Crippen LogP contribution in [0.4, 0.5) is 8.78 Å². The summed E-state index contributed by atoms with van der Waals surface area (Å²) in [5, 5.41) is 0. The number of H-pyrrole nitrogens is 1. The molecule has 0 fully saturated rings. The average Bonchev–Trinajstić information content (AvgIpc) is 2.30. The van der Waals surface area contributed by atoms with Crippen molar-refractivity contribution in [1.82, 2.24) is 4.98 Å². The van der Waals surface area contributed by atoms with E-state index in [-0.39, 0.29) is 24.2 Å². The summed E-state index contributed by atoms with van der Waals surface area (Å²) in [6.45, 7) is -0.137. The van der Waals surface area contributed by atoms with Crippen LogP contribution in [0.1, 0.15) is 23.2 Å². The van der Waals surface area contributed by atoms with Crippen molar-refractivity contribution >= 4 is 5.97 Å². The van der Waals surface area contributed by atoms with Gasteiger partial charge in [-0.25, -0.2) is 8.78 Å². The number of pyridine rings is 1. The molecule has 3 N–H and O–H groups in total. The Balaban J connectivity index is 3.31. The first kappa shape index (κ1) is 13.3. The number of aromatic nitrogens is 1. The normalized spacial score (nSPS) is 10.6. The van der Waals surface area contributed by atoms with Crippen LogP contribution in [-0.2, 0) is 22.5 Å². The van der Waals surface area contributed by atoms with Crippen LogP contribution in [0.25, 0.3) is 0 Å². The highest BCUT2D eigenvalue weighted by Crippen LogP contribution is 2.23. The van der Waals surface area contributed by atoms with E-state index in [1.807, 2.05) is 0 Å². The molecule has 0 aliphatic heterocycles. The van der Waals surface area contributed by atoms with E-state index >= 15 is 0 Å². The lowest BCUT2D eigenvalue weighted by molar-refractivity contribution is -0.139. The first-order valence-corrected chi connectivity index (χ1v) is 4.79. The van der Waals surface area contributed by atoms with Crippen LogP contribution in [-0.4, -0.2) is 18.1 Å². The van der Waals surface area contributed by atoms with Gasteiger partial charge in [0, 0.05) is 23.9 Å². The largest absolute Gasteiger partial charge is 0.469 e. The molecule has 0 atom stereocenters. The SMILES string of the molecule is COC(=O)Cc1c(C(F)F)cc(=O)[nH]c1CN. The van der Waals surface area contributed by atoms with Crippen LogP contribution in [0.2, 0.25) is 0 Å². The zero-order chi connectivity index (χ0) is 13.0. The second-order valence-electron chi connectivity index (χ2n) is 3.30. The Hall–Kier alpha value is -1.76. The topological polar surface area (TPSA) is 85.2 Å². The van der Waals surface area contributed by atoms with E-state index in [9.17, 15) is 18.4 Å². The summed E-state index contributed by atoms with van der Waals surface area (Å²) in [6, 6.07) is 0.766. The Morgan fingerprint density at radius 2 is 2.24 bits per heavy atom. The molecule has 0 unspecified atom stereocenters. The highest BCUT2D eigenvalue weighted by atomic mass is 19.3. The Morgan fingerprint density at radius 3 is 2.71 bits per heavy atom. The predicted molar refractivity (Wildman–Crippen MR) is 55.6 cm³/mol. The quantitative estimate of drug-likeness (QED) is 0.757. The van der Waals surface area contributed by atoms with Gasteiger partial charge in [0.25, 0.3) is 6.43 Å². The highest BCUT2D eigenvalue weighted by molar-refractivity contribution is 5.73. The molecule has 7 heteroatoms. The molecule has 0 bridgehead atoms. The number of alkyl halides is 2. The van der Waals surface area contributed by atoms with Crippen LogP contribution >= 0.6 is 0 Å². The van der Waals surface area contributed by atoms with Gasteiger partial charge in [-0.3, -0.25) is 9.59 Å². The van der Waals surface area contributed by atoms with Gasteiger partial charge in [0.15, 0.2) is 0 Å². The Bertz CT molecular complexity index is 471. The van der Waals surface area contributed by atoms with Gasteiger partial charge in [-0.1, -0.05) is 0 Å². The minimum Gasteiger partial charge on any atom is -0.469 e.